The lowest BCUT2D eigenvalue weighted by Gasteiger charge is -2.21. The molecule has 1 saturated heterocycles. The number of aromatic nitrogens is 1. The quantitative estimate of drug-likeness (QED) is 0.716. The number of carbonyl (C=O) groups excluding carboxylic acids is 1. The molecule has 154 valence electrons. The van der Waals surface area contributed by atoms with Crippen LogP contribution in [0.4, 0.5) is 0 Å². The number of fused-ring (bicyclic) bond motifs is 1. The number of ether oxygens (including phenoxy) is 2. The molecule has 29 heavy (non-hydrogen) atoms. The molecule has 0 aliphatic carbocycles. The third-order valence-electron chi connectivity index (χ3n) is 5.59. The Hall–Kier alpha value is -2.74. The zero-order valence-electron chi connectivity index (χ0n) is 16.7. The summed E-state index contributed by atoms with van der Waals surface area (Å²) >= 11 is 0. The first-order chi connectivity index (χ1) is 13.7. The van der Waals surface area contributed by atoms with Gasteiger partial charge in [0.2, 0.25) is 12.7 Å². The Bertz CT molecular complexity index is 1100. The van der Waals surface area contributed by atoms with Crippen LogP contribution < -0.4 is 9.47 Å². The standard InChI is InChI=1S/C21H24N2O5S/c1-14-10-16(4-7-21(24)22(3)18-8-9-29(25,26)12-18)15(2)23(14)17-5-6-19-20(11-17)28-13-27-19/h4-7,10-11,18H,8-9,12-13H2,1-3H3. The minimum Gasteiger partial charge on any atom is -0.454 e. The average Bonchev–Trinajstić information content (AvgIpc) is 3.36. The number of carbonyl (C=O) groups is 1. The first-order valence-corrected chi connectivity index (χ1v) is 11.3. The van der Waals surface area contributed by atoms with Gasteiger partial charge in [-0.1, -0.05) is 0 Å². The number of rotatable bonds is 4. The number of aryl methyl sites for hydroxylation is 1. The molecule has 2 aromatic rings. The summed E-state index contributed by atoms with van der Waals surface area (Å²) in [6, 6.07) is 7.57. The van der Waals surface area contributed by atoms with Crippen molar-refractivity contribution >= 4 is 21.8 Å². The van der Waals surface area contributed by atoms with Crippen molar-refractivity contribution in [1.29, 1.82) is 0 Å². The molecular formula is C21H24N2O5S. The maximum atomic E-state index is 12.5. The summed E-state index contributed by atoms with van der Waals surface area (Å²) in [4.78, 5) is 14.0. The van der Waals surface area contributed by atoms with Crippen molar-refractivity contribution in [3.8, 4) is 17.2 Å². The summed E-state index contributed by atoms with van der Waals surface area (Å²) in [7, 11) is -1.36. The average molecular weight is 416 g/mol. The number of sulfone groups is 1. The van der Waals surface area contributed by atoms with Gasteiger partial charge in [-0.3, -0.25) is 4.79 Å². The van der Waals surface area contributed by atoms with Crippen LogP contribution in [0.25, 0.3) is 11.8 Å². The second-order valence-electron chi connectivity index (χ2n) is 7.54. The van der Waals surface area contributed by atoms with Gasteiger partial charge in [0.25, 0.3) is 0 Å². The third-order valence-corrected chi connectivity index (χ3v) is 7.34. The maximum Gasteiger partial charge on any atom is 0.246 e. The van der Waals surface area contributed by atoms with Crippen LogP contribution in [0, 0.1) is 13.8 Å². The highest BCUT2D eigenvalue weighted by Crippen LogP contribution is 2.35. The second kappa shape index (κ2) is 7.26. The summed E-state index contributed by atoms with van der Waals surface area (Å²) < 4.78 is 36.3. The molecule has 0 radical (unpaired) electrons. The molecule has 0 N–H and O–H groups in total. The summed E-state index contributed by atoms with van der Waals surface area (Å²) in [5.74, 6) is 1.45. The molecule has 0 spiro atoms. The minimum atomic E-state index is -3.03. The Balaban J connectivity index is 1.54. The van der Waals surface area contributed by atoms with Gasteiger partial charge in [-0.25, -0.2) is 8.42 Å². The summed E-state index contributed by atoms with van der Waals surface area (Å²) in [5.41, 5.74) is 3.92. The number of benzene rings is 1. The lowest BCUT2D eigenvalue weighted by atomic mass is 10.2. The molecule has 0 bridgehead atoms. The number of amides is 1. The third kappa shape index (κ3) is 3.76. The summed E-state index contributed by atoms with van der Waals surface area (Å²) in [6.07, 6.45) is 3.79. The van der Waals surface area contributed by atoms with E-state index >= 15 is 0 Å². The smallest absolute Gasteiger partial charge is 0.246 e. The van der Waals surface area contributed by atoms with Crippen LogP contribution >= 0.6 is 0 Å². The molecule has 4 rings (SSSR count). The van der Waals surface area contributed by atoms with Gasteiger partial charge in [-0.15, -0.1) is 0 Å². The van der Waals surface area contributed by atoms with Gasteiger partial charge in [0.1, 0.15) is 0 Å². The maximum absolute atomic E-state index is 12.5. The van der Waals surface area contributed by atoms with Crippen molar-refractivity contribution in [3.63, 3.8) is 0 Å². The molecule has 3 heterocycles. The van der Waals surface area contributed by atoms with Crippen molar-refractivity contribution in [2.75, 3.05) is 25.3 Å². The van der Waals surface area contributed by atoms with Gasteiger partial charge in [0.05, 0.1) is 11.5 Å². The molecular weight excluding hydrogens is 392 g/mol. The zero-order chi connectivity index (χ0) is 20.8. The van der Waals surface area contributed by atoms with Crippen molar-refractivity contribution in [3.05, 3.63) is 47.3 Å². The highest BCUT2D eigenvalue weighted by atomic mass is 32.2. The monoisotopic (exact) mass is 416 g/mol. The first-order valence-electron chi connectivity index (χ1n) is 9.49. The number of hydrogen-bond acceptors (Lipinski definition) is 5. The Morgan fingerprint density at radius 3 is 2.69 bits per heavy atom. The van der Waals surface area contributed by atoms with Gasteiger partial charge in [-0.2, -0.15) is 0 Å². The fraction of sp³-hybridized carbons (Fsp3) is 0.381. The lowest BCUT2D eigenvalue weighted by molar-refractivity contribution is -0.126. The van der Waals surface area contributed by atoms with Crippen LogP contribution in [0.5, 0.6) is 11.5 Å². The molecule has 8 heteroatoms. The van der Waals surface area contributed by atoms with Gasteiger partial charge in [-0.05, 0) is 50.1 Å². The second-order valence-corrected chi connectivity index (χ2v) is 9.77. The van der Waals surface area contributed by atoms with Crippen molar-refractivity contribution in [2.45, 2.75) is 26.3 Å². The Kier molecular flexibility index (Phi) is 4.90. The van der Waals surface area contributed by atoms with Crippen LogP contribution in [0.15, 0.2) is 30.3 Å². The van der Waals surface area contributed by atoms with Crippen LogP contribution in [-0.4, -0.2) is 55.2 Å². The predicted octanol–water partition coefficient (Wildman–Crippen LogP) is 2.48. The molecule has 1 atom stereocenters. The van der Waals surface area contributed by atoms with E-state index in [4.69, 9.17) is 9.47 Å². The Morgan fingerprint density at radius 2 is 1.97 bits per heavy atom. The molecule has 2 aliphatic rings. The van der Waals surface area contributed by atoms with E-state index in [-0.39, 0.29) is 30.2 Å². The van der Waals surface area contributed by atoms with Crippen molar-refractivity contribution in [2.24, 2.45) is 0 Å². The molecule has 1 unspecified atom stereocenters. The molecule has 1 aromatic heterocycles. The van der Waals surface area contributed by atoms with E-state index in [0.717, 1.165) is 34.1 Å². The van der Waals surface area contributed by atoms with E-state index in [2.05, 4.69) is 4.57 Å². The first kappa shape index (κ1) is 19.6. The predicted molar refractivity (Wildman–Crippen MR) is 110 cm³/mol. The van der Waals surface area contributed by atoms with Gasteiger partial charge in [0, 0.05) is 42.3 Å². The lowest BCUT2D eigenvalue weighted by Crippen LogP contribution is -2.36. The molecule has 1 amide bonds. The van der Waals surface area contributed by atoms with E-state index in [0.29, 0.717) is 6.42 Å². The molecule has 1 aromatic carbocycles. The molecule has 1 fully saturated rings. The molecule has 2 aliphatic heterocycles. The Labute approximate surface area is 170 Å². The van der Waals surface area contributed by atoms with E-state index in [1.54, 1.807) is 13.1 Å². The number of nitrogens with zero attached hydrogens (tertiary/aromatic N) is 2. The summed E-state index contributed by atoms with van der Waals surface area (Å²) in [6.45, 7) is 4.23. The highest BCUT2D eigenvalue weighted by Gasteiger charge is 2.32. The number of likely N-dealkylation sites (N-methyl/N-ethyl adjacent to an activating group) is 1. The summed E-state index contributed by atoms with van der Waals surface area (Å²) in [5, 5.41) is 0. The fourth-order valence-electron chi connectivity index (χ4n) is 3.92. The highest BCUT2D eigenvalue weighted by molar-refractivity contribution is 7.91. The van der Waals surface area contributed by atoms with Crippen LogP contribution in [0.3, 0.4) is 0 Å². The largest absolute Gasteiger partial charge is 0.454 e. The van der Waals surface area contributed by atoms with Crippen LogP contribution in [-0.2, 0) is 14.6 Å². The van der Waals surface area contributed by atoms with E-state index < -0.39 is 9.84 Å². The molecule has 0 saturated carbocycles. The van der Waals surface area contributed by atoms with Gasteiger partial charge in [0.15, 0.2) is 21.3 Å². The van der Waals surface area contributed by atoms with Crippen LogP contribution in [0.2, 0.25) is 0 Å². The van der Waals surface area contributed by atoms with Gasteiger partial charge < -0.3 is 18.9 Å². The normalized spacial score (nSPS) is 19.8. The van der Waals surface area contributed by atoms with E-state index in [9.17, 15) is 13.2 Å². The van der Waals surface area contributed by atoms with Crippen molar-refractivity contribution < 1.29 is 22.7 Å². The van der Waals surface area contributed by atoms with Crippen molar-refractivity contribution in [1.82, 2.24) is 9.47 Å². The zero-order valence-corrected chi connectivity index (χ0v) is 17.5. The van der Waals surface area contributed by atoms with Crippen LogP contribution in [0.1, 0.15) is 23.4 Å². The number of hydrogen-bond donors (Lipinski definition) is 0. The van der Waals surface area contributed by atoms with Gasteiger partial charge >= 0.3 is 0 Å². The van der Waals surface area contributed by atoms with E-state index in [1.165, 1.54) is 11.0 Å². The SMILES string of the molecule is Cc1cc(C=CC(=O)N(C)C2CCS(=O)(=O)C2)c(C)n1-c1ccc2c(c1)OCO2. The fourth-order valence-corrected chi connectivity index (χ4v) is 5.69. The Morgan fingerprint density at radius 1 is 1.21 bits per heavy atom. The minimum absolute atomic E-state index is 0.0434. The topological polar surface area (TPSA) is 77.8 Å². The van der Waals surface area contributed by atoms with E-state index in [1.807, 2.05) is 38.1 Å². The molecule has 7 nitrogen and oxygen atoms in total.